The highest BCUT2D eigenvalue weighted by Gasteiger charge is 2.45. The van der Waals surface area contributed by atoms with Gasteiger partial charge in [-0.15, -0.1) is 0 Å². The van der Waals surface area contributed by atoms with Gasteiger partial charge in [-0.3, -0.25) is 53.5 Å². The maximum atomic E-state index is 13.5. The fourth-order valence-electron chi connectivity index (χ4n) is 9.50. The minimum absolute atomic E-state index is 0.0238. The molecule has 2 saturated heterocycles. The average molecular weight is 1020 g/mol. The van der Waals surface area contributed by atoms with E-state index < -0.39 is 29.7 Å². The molecule has 8 rings (SSSR count). The van der Waals surface area contributed by atoms with Gasteiger partial charge < -0.3 is 29.6 Å². The van der Waals surface area contributed by atoms with Crippen LogP contribution in [0.15, 0.2) is 95.9 Å². The number of aryl methyl sites for hydroxylation is 2. The summed E-state index contributed by atoms with van der Waals surface area (Å²) in [4.78, 5) is 113. The van der Waals surface area contributed by atoms with Crippen LogP contribution in [-0.2, 0) is 49.2 Å². The van der Waals surface area contributed by atoms with E-state index in [1.165, 1.54) is 10.6 Å². The summed E-state index contributed by atoms with van der Waals surface area (Å²) in [7, 11) is 1.70. The molecule has 1 aromatic heterocycles. The van der Waals surface area contributed by atoms with E-state index in [1.54, 1.807) is 37.5 Å². The second-order valence-electron chi connectivity index (χ2n) is 20.1. The van der Waals surface area contributed by atoms with Crippen LogP contribution in [0.5, 0.6) is 0 Å². The van der Waals surface area contributed by atoms with Crippen LogP contribution in [0.25, 0.3) is 11.3 Å². The van der Waals surface area contributed by atoms with Crippen LogP contribution >= 0.6 is 0 Å². The van der Waals surface area contributed by atoms with Crippen LogP contribution in [0.4, 0.5) is 5.69 Å². The molecular weight excluding hydrogens is 957 g/mol. The predicted molar refractivity (Wildman–Crippen MR) is 280 cm³/mol. The second-order valence-corrected chi connectivity index (χ2v) is 20.1. The maximum absolute atomic E-state index is 13.5. The van der Waals surface area contributed by atoms with Crippen molar-refractivity contribution in [2.45, 2.75) is 71.3 Å². The molecule has 18 heteroatoms. The number of imide groups is 2. The standard InChI is InChI=1S/C57H64N8O10/c1-36-42(9-7-11-44(36)60-51(68)39-16-19-41(20-17-39)57(2,3)4)46-35-62(5)55(72)45(59-46)34-37-12-14-40(15-13-37)53(70)64-27-25-63(26-28-64)29-31-75-33-32-74-30-24-58-48(66)22-18-38-8-6-10-43-50(38)56(73)65(54(43)71)47-21-23-49(67)61-52(47)69/h6-17,19-20,35,47H,18,21-34H2,1-5H3,(H,58,66)(H,60,68)(H,61,67,69). The summed E-state index contributed by atoms with van der Waals surface area (Å²) in [5, 5.41) is 8.04. The number of benzene rings is 4. The van der Waals surface area contributed by atoms with Crippen molar-refractivity contribution in [2.24, 2.45) is 7.05 Å². The van der Waals surface area contributed by atoms with Gasteiger partial charge >= 0.3 is 0 Å². The zero-order valence-electron chi connectivity index (χ0n) is 43.2. The van der Waals surface area contributed by atoms with Gasteiger partial charge in [0.2, 0.25) is 17.7 Å². The zero-order valence-corrected chi connectivity index (χ0v) is 43.2. The zero-order chi connectivity index (χ0) is 53.4. The number of ether oxygens (including phenoxy) is 2. The third kappa shape index (κ3) is 12.8. The average Bonchev–Trinajstić information content (AvgIpc) is 3.65. The number of rotatable bonds is 19. The summed E-state index contributed by atoms with van der Waals surface area (Å²) in [6, 6.07) is 24.4. The quantitative estimate of drug-likeness (QED) is 0.0748. The molecule has 3 aliphatic rings. The normalized spacial score (nSPS) is 16.0. The Morgan fingerprint density at radius 3 is 2.17 bits per heavy atom. The third-order valence-electron chi connectivity index (χ3n) is 13.9. The molecular formula is C57H64N8O10. The van der Waals surface area contributed by atoms with E-state index in [-0.39, 0.29) is 85.1 Å². The summed E-state index contributed by atoms with van der Waals surface area (Å²) in [6.07, 6.45) is 2.36. The Labute approximate surface area is 435 Å². The van der Waals surface area contributed by atoms with Gasteiger partial charge in [0, 0.05) is 94.2 Å². The minimum Gasteiger partial charge on any atom is -0.378 e. The Morgan fingerprint density at radius 2 is 1.47 bits per heavy atom. The number of fused-ring (bicyclic) bond motifs is 1. The van der Waals surface area contributed by atoms with Crippen LogP contribution in [-0.4, -0.2) is 137 Å². The molecule has 3 aliphatic heterocycles. The Morgan fingerprint density at radius 1 is 0.787 bits per heavy atom. The number of nitrogens with zero attached hydrogens (tertiary/aromatic N) is 5. The molecule has 18 nitrogen and oxygen atoms in total. The molecule has 0 spiro atoms. The first kappa shape index (κ1) is 53.6. The Kier molecular flexibility index (Phi) is 16.9. The first-order valence-corrected chi connectivity index (χ1v) is 25.4. The number of hydrogen-bond acceptors (Lipinski definition) is 12. The predicted octanol–water partition coefficient (Wildman–Crippen LogP) is 4.84. The van der Waals surface area contributed by atoms with Gasteiger partial charge in [0.25, 0.3) is 29.2 Å². The van der Waals surface area contributed by atoms with E-state index in [4.69, 9.17) is 14.5 Å². The number of anilines is 1. The number of hydrogen-bond donors (Lipinski definition) is 3. The summed E-state index contributed by atoms with van der Waals surface area (Å²) in [5.41, 5.74) is 7.00. The van der Waals surface area contributed by atoms with E-state index in [0.29, 0.717) is 86.3 Å². The van der Waals surface area contributed by atoms with E-state index in [0.717, 1.165) is 27.2 Å². The van der Waals surface area contributed by atoms with E-state index in [2.05, 4.69) is 41.6 Å². The first-order valence-electron chi connectivity index (χ1n) is 25.4. The largest absolute Gasteiger partial charge is 0.378 e. The third-order valence-corrected chi connectivity index (χ3v) is 13.9. The SMILES string of the molecule is Cc1c(NC(=O)c2ccc(C(C)(C)C)cc2)cccc1-c1cn(C)c(=O)c(Cc2ccc(C(=O)N3CCN(CCOCCOCCNC(=O)CCc4cccc5c4C(=O)N(C4CCC(=O)NC4=O)C5=O)CC3)cc2)n1. The number of carbonyl (C=O) groups excluding carboxylic acids is 7. The molecule has 0 bridgehead atoms. The molecule has 1 unspecified atom stereocenters. The topological polar surface area (TPSA) is 219 Å². The number of carbonyl (C=O) groups is 7. The van der Waals surface area contributed by atoms with Gasteiger partial charge in [-0.25, -0.2) is 4.98 Å². The highest BCUT2D eigenvalue weighted by atomic mass is 16.5. The van der Waals surface area contributed by atoms with Gasteiger partial charge in [0.15, 0.2) is 0 Å². The van der Waals surface area contributed by atoms with Crippen LogP contribution in [0.2, 0.25) is 0 Å². The molecule has 75 heavy (non-hydrogen) atoms. The van der Waals surface area contributed by atoms with E-state index >= 15 is 0 Å². The van der Waals surface area contributed by atoms with E-state index in [1.807, 2.05) is 66.4 Å². The number of amides is 7. The lowest BCUT2D eigenvalue weighted by molar-refractivity contribution is -0.136. The highest BCUT2D eigenvalue weighted by Crippen LogP contribution is 2.31. The Balaban J connectivity index is 0.713. The summed E-state index contributed by atoms with van der Waals surface area (Å²) < 4.78 is 12.9. The Hall–Kier alpha value is -7.67. The van der Waals surface area contributed by atoms with Gasteiger partial charge in [0.05, 0.1) is 43.2 Å². The maximum Gasteiger partial charge on any atom is 0.272 e. The monoisotopic (exact) mass is 1020 g/mol. The van der Waals surface area contributed by atoms with Gasteiger partial charge in [-0.2, -0.15) is 0 Å². The highest BCUT2D eigenvalue weighted by molar-refractivity contribution is 6.24. The van der Waals surface area contributed by atoms with Crippen molar-refractivity contribution in [2.75, 3.05) is 71.0 Å². The van der Waals surface area contributed by atoms with Gasteiger partial charge in [-0.05, 0) is 83.8 Å². The van der Waals surface area contributed by atoms with Crippen LogP contribution in [0, 0.1) is 6.92 Å². The van der Waals surface area contributed by atoms with Crippen LogP contribution in [0.1, 0.15) is 109 Å². The fraction of sp³-hybridized carbons (Fsp3) is 0.386. The molecule has 4 heterocycles. The fourth-order valence-corrected chi connectivity index (χ4v) is 9.50. The molecule has 0 aliphatic carbocycles. The van der Waals surface area contributed by atoms with Crippen molar-refractivity contribution >= 4 is 47.0 Å². The molecule has 392 valence electrons. The van der Waals surface area contributed by atoms with Crippen molar-refractivity contribution in [3.8, 4) is 11.3 Å². The molecule has 4 aromatic carbocycles. The lowest BCUT2D eigenvalue weighted by Crippen LogP contribution is -2.54. The van der Waals surface area contributed by atoms with Crippen molar-refractivity contribution < 1.29 is 43.0 Å². The summed E-state index contributed by atoms with van der Waals surface area (Å²) in [6.45, 7) is 13.4. The molecule has 5 aromatic rings. The second kappa shape index (κ2) is 23.7. The number of nitrogens with one attached hydrogen (secondary N) is 3. The van der Waals surface area contributed by atoms with Crippen molar-refractivity contribution in [3.63, 3.8) is 0 Å². The molecule has 0 saturated carbocycles. The van der Waals surface area contributed by atoms with E-state index in [9.17, 15) is 38.4 Å². The van der Waals surface area contributed by atoms with Crippen LogP contribution in [0.3, 0.4) is 0 Å². The van der Waals surface area contributed by atoms with Gasteiger partial charge in [0.1, 0.15) is 11.7 Å². The van der Waals surface area contributed by atoms with Crippen LogP contribution < -0.4 is 21.5 Å². The van der Waals surface area contributed by atoms with Crippen molar-refractivity contribution in [1.29, 1.82) is 0 Å². The minimum atomic E-state index is -1.06. The molecule has 2 fully saturated rings. The first-order chi connectivity index (χ1) is 36.0. The number of piperazine rings is 1. The van der Waals surface area contributed by atoms with Crippen molar-refractivity contribution in [1.82, 2.24) is 34.9 Å². The molecule has 0 radical (unpaired) electrons. The molecule has 7 amide bonds. The van der Waals surface area contributed by atoms with Gasteiger partial charge in [-0.1, -0.05) is 69.3 Å². The number of aromatic nitrogens is 2. The smallest absolute Gasteiger partial charge is 0.272 e. The summed E-state index contributed by atoms with van der Waals surface area (Å²) >= 11 is 0. The molecule has 3 N–H and O–H groups in total. The lowest BCUT2D eigenvalue weighted by atomic mass is 9.86. The van der Waals surface area contributed by atoms with Crippen molar-refractivity contribution in [3.05, 3.63) is 152 Å². The number of piperidine rings is 1. The summed E-state index contributed by atoms with van der Waals surface area (Å²) in [5.74, 6) is -2.83. The lowest BCUT2D eigenvalue weighted by Gasteiger charge is -2.34. The molecule has 1 atom stereocenters. The Bertz CT molecular complexity index is 3050.